The number of nitrogens with one attached hydrogen (secondary N) is 1. The highest BCUT2D eigenvalue weighted by Gasteiger charge is 2.24. The Balaban J connectivity index is 2.99. The molecule has 1 aromatic carbocycles. The van der Waals surface area contributed by atoms with Gasteiger partial charge < -0.3 is 15.3 Å². The second-order valence-corrected chi connectivity index (χ2v) is 5.92. The minimum absolute atomic E-state index is 0.0951. The van der Waals surface area contributed by atoms with E-state index < -0.39 is 0 Å². The van der Waals surface area contributed by atoms with Crippen LogP contribution in [0, 0.1) is 0 Å². The normalized spacial score (nSPS) is 11.7. The zero-order valence-electron chi connectivity index (χ0n) is 12.3. The molecule has 0 saturated carbocycles. The molecule has 0 radical (unpaired) electrons. The first-order valence-corrected chi connectivity index (χ1v) is 7.14. The van der Waals surface area contributed by atoms with Crippen LogP contribution in [-0.4, -0.2) is 30.8 Å². The van der Waals surface area contributed by atoms with Crippen molar-refractivity contribution >= 4 is 17.3 Å². The lowest BCUT2D eigenvalue weighted by molar-refractivity contribution is 0.216. The standard InChI is InChI=1S/C15H25ClN2O/c1-5-8-17-10-12-6-7-13(16)9-14(12)18(4)15(2,3)11-19/h6-7,9,17,19H,5,8,10-11H2,1-4H3. The van der Waals surface area contributed by atoms with E-state index in [1.807, 2.05) is 39.1 Å². The van der Waals surface area contributed by atoms with Crippen LogP contribution in [0.2, 0.25) is 5.02 Å². The Hall–Kier alpha value is -0.770. The molecule has 0 atom stereocenters. The van der Waals surface area contributed by atoms with Crippen molar-refractivity contribution in [2.45, 2.75) is 39.3 Å². The Morgan fingerprint density at radius 3 is 2.63 bits per heavy atom. The van der Waals surface area contributed by atoms with Crippen molar-refractivity contribution in [2.75, 3.05) is 25.1 Å². The lowest BCUT2D eigenvalue weighted by Gasteiger charge is -2.37. The molecule has 0 aliphatic carbocycles. The van der Waals surface area contributed by atoms with Gasteiger partial charge in [0.15, 0.2) is 0 Å². The van der Waals surface area contributed by atoms with Gasteiger partial charge in [-0.05, 0) is 44.5 Å². The average Bonchev–Trinajstić information content (AvgIpc) is 2.39. The molecule has 0 aromatic heterocycles. The van der Waals surface area contributed by atoms with Crippen LogP contribution in [0.5, 0.6) is 0 Å². The molecule has 0 unspecified atom stereocenters. The van der Waals surface area contributed by atoms with Crippen LogP contribution in [0.1, 0.15) is 32.8 Å². The monoisotopic (exact) mass is 284 g/mol. The minimum Gasteiger partial charge on any atom is -0.394 e. The van der Waals surface area contributed by atoms with Crippen LogP contribution in [0.15, 0.2) is 18.2 Å². The molecule has 0 aliphatic heterocycles. The third kappa shape index (κ3) is 4.37. The molecule has 0 bridgehead atoms. The van der Waals surface area contributed by atoms with Crippen molar-refractivity contribution in [3.05, 3.63) is 28.8 Å². The highest BCUT2D eigenvalue weighted by atomic mass is 35.5. The highest BCUT2D eigenvalue weighted by molar-refractivity contribution is 6.30. The number of halogens is 1. The average molecular weight is 285 g/mol. The van der Waals surface area contributed by atoms with E-state index >= 15 is 0 Å². The van der Waals surface area contributed by atoms with Crippen LogP contribution in [-0.2, 0) is 6.54 Å². The van der Waals surface area contributed by atoms with E-state index in [9.17, 15) is 5.11 Å². The Labute approximate surface area is 121 Å². The molecule has 1 aromatic rings. The topological polar surface area (TPSA) is 35.5 Å². The highest BCUT2D eigenvalue weighted by Crippen LogP contribution is 2.29. The smallest absolute Gasteiger partial charge is 0.0658 e. The Morgan fingerprint density at radius 2 is 2.05 bits per heavy atom. The van der Waals surface area contributed by atoms with Crippen molar-refractivity contribution < 1.29 is 5.11 Å². The van der Waals surface area contributed by atoms with Gasteiger partial charge >= 0.3 is 0 Å². The Kier molecular flexibility index (Phi) is 6.11. The predicted octanol–water partition coefficient (Wildman–Crippen LogP) is 3.05. The number of hydrogen-bond acceptors (Lipinski definition) is 3. The van der Waals surface area contributed by atoms with Gasteiger partial charge in [0.1, 0.15) is 0 Å². The molecule has 0 fully saturated rings. The maximum absolute atomic E-state index is 9.51. The summed E-state index contributed by atoms with van der Waals surface area (Å²) in [6, 6.07) is 5.92. The Morgan fingerprint density at radius 1 is 1.37 bits per heavy atom. The van der Waals surface area contributed by atoms with E-state index in [1.165, 1.54) is 5.56 Å². The number of likely N-dealkylation sites (N-methyl/N-ethyl adjacent to an activating group) is 1. The van der Waals surface area contributed by atoms with Gasteiger partial charge in [0.25, 0.3) is 0 Å². The third-order valence-corrected chi connectivity index (χ3v) is 3.68. The molecule has 108 valence electrons. The number of rotatable bonds is 7. The van der Waals surface area contributed by atoms with Crippen LogP contribution < -0.4 is 10.2 Å². The molecule has 4 heteroatoms. The quantitative estimate of drug-likeness (QED) is 0.756. The van der Waals surface area contributed by atoms with Gasteiger partial charge in [-0.25, -0.2) is 0 Å². The second kappa shape index (κ2) is 7.13. The molecule has 0 saturated heterocycles. The lowest BCUT2D eigenvalue weighted by Crippen LogP contribution is -2.45. The number of benzene rings is 1. The largest absolute Gasteiger partial charge is 0.394 e. The maximum Gasteiger partial charge on any atom is 0.0658 e. The fourth-order valence-electron chi connectivity index (χ4n) is 1.83. The van der Waals surface area contributed by atoms with Crippen molar-refractivity contribution in [3.8, 4) is 0 Å². The summed E-state index contributed by atoms with van der Waals surface area (Å²) in [7, 11) is 1.99. The third-order valence-electron chi connectivity index (χ3n) is 3.45. The number of aliphatic hydroxyl groups is 1. The number of anilines is 1. The summed E-state index contributed by atoms with van der Waals surface area (Å²) in [4.78, 5) is 2.09. The number of nitrogens with zero attached hydrogens (tertiary/aromatic N) is 1. The van der Waals surface area contributed by atoms with Crippen LogP contribution in [0.4, 0.5) is 5.69 Å². The molecule has 0 amide bonds. The van der Waals surface area contributed by atoms with Crippen LogP contribution in [0.3, 0.4) is 0 Å². The summed E-state index contributed by atoms with van der Waals surface area (Å²) in [6.45, 7) is 8.07. The summed E-state index contributed by atoms with van der Waals surface area (Å²) in [5, 5.41) is 13.6. The SMILES string of the molecule is CCCNCc1ccc(Cl)cc1N(C)C(C)(C)CO. The first-order valence-electron chi connectivity index (χ1n) is 6.76. The van der Waals surface area contributed by atoms with E-state index in [1.54, 1.807) is 0 Å². The zero-order chi connectivity index (χ0) is 14.5. The fraction of sp³-hybridized carbons (Fsp3) is 0.600. The molecular weight excluding hydrogens is 260 g/mol. The van der Waals surface area contributed by atoms with Gasteiger partial charge in [-0.15, -0.1) is 0 Å². The van der Waals surface area contributed by atoms with Crippen molar-refractivity contribution in [2.24, 2.45) is 0 Å². The molecule has 19 heavy (non-hydrogen) atoms. The van der Waals surface area contributed by atoms with Crippen molar-refractivity contribution in [3.63, 3.8) is 0 Å². The zero-order valence-corrected chi connectivity index (χ0v) is 13.1. The van der Waals surface area contributed by atoms with Gasteiger partial charge in [0.05, 0.1) is 12.1 Å². The summed E-state index contributed by atoms with van der Waals surface area (Å²) in [5.74, 6) is 0. The van der Waals surface area contributed by atoms with E-state index in [0.717, 1.165) is 30.2 Å². The van der Waals surface area contributed by atoms with Gasteiger partial charge in [0.2, 0.25) is 0 Å². The fourth-order valence-corrected chi connectivity index (χ4v) is 2.00. The van der Waals surface area contributed by atoms with E-state index in [0.29, 0.717) is 0 Å². The van der Waals surface area contributed by atoms with Gasteiger partial charge in [-0.2, -0.15) is 0 Å². The first-order chi connectivity index (χ1) is 8.92. The summed E-state index contributed by atoms with van der Waals surface area (Å²) < 4.78 is 0. The van der Waals surface area contributed by atoms with Gasteiger partial charge in [-0.1, -0.05) is 24.6 Å². The molecule has 3 nitrogen and oxygen atoms in total. The van der Waals surface area contributed by atoms with Crippen molar-refractivity contribution in [1.29, 1.82) is 0 Å². The first kappa shape index (κ1) is 16.3. The van der Waals surface area contributed by atoms with Gasteiger partial charge in [-0.3, -0.25) is 0 Å². The predicted molar refractivity (Wildman–Crippen MR) is 83.0 cm³/mol. The van der Waals surface area contributed by atoms with Gasteiger partial charge in [0, 0.05) is 24.3 Å². The molecule has 2 N–H and O–H groups in total. The molecule has 0 spiro atoms. The number of aliphatic hydroxyl groups excluding tert-OH is 1. The van der Waals surface area contributed by atoms with Crippen LogP contribution >= 0.6 is 11.6 Å². The van der Waals surface area contributed by atoms with E-state index in [-0.39, 0.29) is 12.1 Å². The lowest BCUT2D eigenvalue weighted by atomic mass is 10.0. The maximum atomic E-state index is 9.51. The van der Waals surface area contributed by atoms with Crippen molar-refractivity contribution in [1.82, 2.24) is 5.32 Å². The minimum atomic E-state index is -0.315. The second-order valence-electron chi connectivity index (χ2n) is 5.48. The molecular formula is C15H25ClN2O. The number of hydrogen-bond donors (Lipinski definition) is 2. The van der Waals surface area contributed by atoms with E-state index in [4.69, 9.17) is 11.6 Å². The van der Waals surface area contributed by atoms with E-state index in [2.05, 4.69) is 17.1 Å². The Bertz CT molecular complexity index is 407. The summed E-state index contributed by atoms with van der Waals surface area (Å²) in [5.41, 5.74) is 1.95. The molecule has 1 rings (SSSR count). The van der Waals surface area contributed by atoms with Crippen LogP contribution in [0.25, 0.3) is 0 Å². The molecule has 0 aliphatic rings. The summed E-state index contributed by atoms with van der Waals surface area (Å²) in [6.07, 6.45) is 1.11. The molecule has 0 heterocycles. The summed E-state index contributed by atoms with van der Waals surface area (Å²) >= 11 is 6.11.